The first-order valence-corrected chi connectivity index (χ1v) is 5.58. The van der Waals surface area contributed by atoms with Crippen molar-refractivity contribution in [1.82, 2.24) is 10.2 Å². The second-order valence-corrected chi connectivity index (χ2v) is 4.02. The highest BCUT2D eigenvalue weighted by molar-refractivity contribution is 5.89. The highest BCUT2D eigenvalue weighted by atomic mass is 16.2. The lowest BCUT2D eigenvalue weighted by atomic mass is 10.3. The van der Waals surface area contributed by atoms with Crippen LogP contribution in [0.3, 0.4) is 0 Å². The third-order valence-electron chi connectivity index (χ3n) is 2.91. The molecule has 1 aliphatic heterocycles. The summed E-state index contributed by atoms with van der Waals surface area (Å²) < 4.78 is 0. The fraction of sp³-hybridized carbons (Fsp3) is 0.417. The number of carbonyl (C=O) groups excluding carboxylic acids is 1. The third-order valence-corrected chi connectivity index (χ3v) is 2.91. The standard InChI is InChI=1S/C12H17N3O/c1-13-11-7-8-15(9-11)12(16)14-10-5-3-2-4-6-10/h2-6,11,13H,7-9H2,1H3,(H,14,16). The lowest BCUT2D eigenvalue weighted by Gasteiger charge is -2.17. The van der Waals surface area contributed by atoms with Crippen molar-refractivity contribution in [3.8, 4) is 0 Å². The maximum absolute atomic E-state index is 11.9. The average Bonchev–Trinajstić information content (AvgIpc) is 2.79. The van der Waals surface area contributed by atoms with Crippen LogP contribution in [0.1, 0.15) is 6.42 Å². The minimum absolute atomic E-state index is 0.0102. The monoisotopic (exact) mass is 219 g/mol. The van der Waals surface area contributed by atoms with Gasteiger partial charge in [0.25, 0.3) is 0 Å². The smallest absolute Gasteiger partial charge is 0.321 e. The van der Waals surface area contributed by atoms with Crippen molar-refractivity contribution in [3.05, 3.63) is 30.3 Å². The molecule has 1 unspecified atom stereocenters. The first-order chi connectivity index (χ1) is 7.79. The minimum atomic E-state index is -0.0102. The number of nitrogens with one attached hydrogen (secondary N) is 2. The third kappa shape index (κ3) is 2.52. The van der Waals surface area contributed by atoms with Crippen LogP contribution in [-0.4, -0.2) is 37.1 Å². The number of para-hydroxylation sites is 1. The lowest BCUT2D eigenvalue weighted by Crippen LogP contribution is -2.36. The molecule has 2 N–H and O–H groups in total. The second kappa shape index (κ2) is 4.99. The molecule has 1 heterocycles. The lowest BCUT2D eigenvalue weighted by molar-refractivity contribution is 0.221. The Morgan fingerprint density at radius 1 is 1.38 bits per heavy atom. The molecule has 1 aliphatic rings. The summed E-state index contributed by atoms with van der Waals surface area (Å²) in [6, 6.07) is 9.96. The number of anilines is 1. The zero-order chi connectivity index (χ0) is 11.4. The summed E-state index contributed by atoms with van der Waals surface area (Å²) in [5, 5.41) is 6.08. The number of hydrogen-bond donors (Lipinski definition) is 2. The predicted octanol–water partition coefficient (Wildman–Crippen LogP) is 1.51. The number of likely N-dealkylation sites (N-methyl/N-ethyl adjacent to an activating group) is 1. The van der Waals surface area contributed by atoms with Crippen LogP contribution >= 0.6 is 0 Å². The van der Waals surface area contributed by atoms with Crippen LogP contribution in [0, 0.1) is 0 Å². The molecule has 2 rings (SSSR count). The topological polar surface area (TPSA) is 44.4 Å². The molecular formula is C12H17N3O. The van der Waals surface area contributed by atoms with Gasteiger partial charge in [-0.25, -0.2) is 4.79 Å². The Hall–Kier alpha value is -1.55. The fourth-order valence-corrected chi connectivity index (χ4v) is 1.90. The predicted molar refractivity (Wildman–Crippen MR) is 64.5 cm³/mol. The summed E-state index contributed by atoms with van der Waals surface area (Å²) in [4.78, 5) is 13.7. The van der Waals surface area contributed by atoms with Crippen molar-refractivity contribution >= 4 is 11.7 Å². The Morgan fingerprint density at radius 2 is 2.12 bits per heavy atom. The van der Waals surface area contributed by atoms with Crippen LogP contribution in [0.2, 0.25) is 0 Å². The van der Waals surface area contributed by atoms with Gasteiger partial charge in [0.05, 0.1) is 0 Å². The quantitative estimate of drug-likeness (QED) is 0.792. The van der Waals surface area contributed by atoms with E-state index in [9.17, 15) is 4.79 Å². The summed E-state index contributed by atoms with van der Waals surface area (Å²) in [6.07, 6.45) is 1.03. The van der Waals surface area contributed by atoms with E-state index in [1.165, 1.54) is 0 Å². The van der Waals surface area contributed by atoms with Crippen LogP contribution in [0.25, 0.3) is 0 Å². The number of likely N-dealkylation sites (tertiary alicyclic amines) is 1. The maximum atomic E-state index is 11.9. The number of hydrogen-bond acceptors (Lipinski definition) is 2. The molecule has 1 aromatic rings. The molecule has 1 saturated heterocycles. The zero-order valence-electron chi connectivity index (χ0n) is 9.44. The van der Waals surface area contributed by atoms with Crippen molar-refractivity contribution in [2.75, 3.05) is 25.5 Å². The molecule has 0 bridgehead atoms. The Morgan fingerprint density at radius 3 is 2.75 bits per heavy atom. The van der Waals surface area contributed by atoms with Crippen molar-refractivity contribution in [2.24, 2.45) is 0 Å². The van der Waals surface area contributed by atoms with E-state index < -0.39 is 0 Å². The maximum Gasteiger partial charge on any atom is 0.321 e. The van der Waals surface area contributed by atoms with Crippen LogP contribution in [0.5, 0.6) is 0 Å². The normalized spacial score (nSPS) is 19.8. The number of benzene rings is 1. The van der Waals surface area contributed by atoms with Gasteiger partial charge >= 0.3 is 6.03 Å². The number of rotatable bonds is 2. The molecular weight excluding hydrogens is 202 g/mol. The molecule has 0 saturated carbocycles. The van der Waals surface area contributed by atoms with Gasteiger partial charge in [-0.15, -0.1) is 0 Å². The SMILES string of the molecule is CNC1CCN(C(=O)Nc2ccccc2)C1. The van der Waals surface area contributed by atoms with Gasteiger partial charge in [-0.3, -0.25) is 0 Å². The van der Waals surface area contributed by atoms with Gasteiger partial charge in [-0.05, 0) is 25.6 Å². The fourth-order valence-electron chi connectivity index (χ4n) is 1.90. The van der Waals surface area contributed by atoms with Crippen LogP contribution in [-0.2, 0) is 0 Å². The molecule has 0 aliphatic carbocycles. The molecule has 1 atom stereocenters. The van der Waals surface area contributed by atoms with E-state index in [-0.39, 0.29) is 6.03 Å². The molecule has 4 heteroatoms. The van der Waals surface area contributed by atoms with E-state index in [1.807, 2.05) is 42.3 Å². The van der Waals surface area contributed by atoms with Gasteiger partial charge in [0.2, 0.25) is 0 Å². The van der Waals surface area contributed by atoms with E-state index >= 15 is 0 Å². The van der Waals surface area contributed by atoms with Gasteiger partial charge in [-0.1, -0.05) is 18.2 Å². The number of urea groups is 1. The summed E-state index contributed by atoms with van der Waals surface area (Å²) in [7, 11) is 1.93. The van der Waals surface area contributed by atoms with E-state index in [1.54, 1.807) is 0 Å². The number of carbonyl (C=O) groups is 1. The molecule has 0 aromatic heterocycles. The Bertz CT molecular complexity index is 353. The number of amides is 2. The summed E-state index contributed by atoms with van der Waals surface area (Å²) in [5.74, 6) is 0. The Kier molecular flexibility index (Phi) is 3.41. The first-order valence-electron chi connectivity index (χ1n) is 5.58. The molecule has 1 aromatic carbocycles. The molecule has 0 spiro atoms. The van der Waals surface area contributed by atoms with Gasteiger partial charge in [0.1, 0.15) is 0 Å². The van der Waals surface area contributed by atoms with Gasteiger partial charge in [0, 0.05) is 24.8 Å². The highest BCUT2D eigenvalue weighted by Crippen LogP contribution is 2.12. The van der Waals surface area contributed by atoms with Crippen LogP contribution in [0.15, 0.2) is 30.3 Å². The molecule has 86 valence electrons. The van der Waals surface area contributed by atoms with Crippen LogP contribution in [0.4, 0.5) is 10.5 Å². The number of nitrogens with zero attached hydrogens (tertiary/aromatic N) is 1. The molecule has 4 nitrogen and oxygen atoms in total. The Balaban J connectivity index is 1.90. The van der Waals surface area contributed by atoms with E-state index in [2.05, 4.69) is 10.6 Å². The second-order valence-electron chi connectivity index (χ2n) is 4.02. The van der Waals surface area contributed by atoms with Gasteiger partial charge in [-0.2, -0.15) is 0 Å². The van der Waals surface area contributed by atoms with Crippen molar-refractivity contribution in [2.45, 2.75) is 12.5 Å². The van der Waals surface area contributed by atoms with Crippen molar-refractivity contribution in [3.63, 3.8) is 0 Å². The minimum Gasteiger partial charge on any atom is -0.323 e. The molecule has 2 amide bonds. The molecule has 1 fully saturated rings. The first kappa shape index (κ1) is 11.0. The zero-order valence-corrected chi connectivity index (χ0v) is 9.44. The van der Waals surface area contributed by atoms with E-state index in [0.29, 0.717) is 6.04 Å². The van der Waals surface area contributed by atoms with Crippen molar-refractivity contribution < 1.29 is 4.79 Å². The summed E-state index contributed by atoms with van der Waals surface area (Å²) in [6.45, 7) is 1.61. The highest BCUT2D eigenvalue weighted by Gasteiger charge is 2.24. The average molecular weight is 219 g/mol. The van der Waals surface area contributed by atoms with Crippen molar-refractivity contribution in [1.29, 1.82) is 0 Å². The van der Waals surface area contributed by atoms with Gasteiger partial charge < -0.3 is 15.5 Å². The largest absolute Gasteiger partial charge is 0.323 e. The Labute approximate surface area is 95.6 Å². The molecule has 16 heavy (non-hydrogen) atoms. The summed E-state index contributed by atoms with van der Waals surface area (Å²) in [5.41, 5.74) is 0.848. The molecule has 0 radical (unpaired) electrons. The van der Waals surface area contributed by atoms with E-state index in [4.69, 9.17) is 0 Å². The van der Waals surface area contributed by atoms with E-state index in [0.717, 1.165) is 25.2 Å². The summed E-state index contributed by atoms with van der Waals surface area (Å²) >= 11 is 0. The van der Waals surface area contributed by atoms with Crippen LogP contribution < -0.4 is 10.6 Å². The van der Waals surface area contributed by atoms with Gasteiger partial charge in [0.15, 0.2) is 0 Å².